The summed E-state index contributed by atoms with van der Waals surface area (Å²) in [6.45, 7) is 3.89. The number of rotatable bonds is 10. The van der Waals surface area contributed by atoms with Gasteiger partial charge in [0.2, 0.25) is 0 Å². The monoisotopic (exact) mass is 390 g/mol. The predicted octanol–water partition coefficient (Wildman–Crippen LogP) is 3.79. The molecule has 0 fully saturated rings. The van der Waals surface area contributed by atoms with E-state index in [2.05, 4.69) is 5.32 Å². The molecule has 0 aromatic heterocycles. The zero-order valence-electron chi connectivity index (χ0n) is 16.1. The highest BCUT2D eigenvalue weighted by Gasteiger charge is 2.19. The van der Waals surface area contributed by atoms with Gasteiger partial charge in [0.15, 0.2) is 0 Å². The molecule has 0 aliphatic heterocycles. The number of hydrogen-bond donors (Lipinski definition) is 1. The molecule has 0 radical (unpaired) electrons. The van der Waals surface area contributed by atoms with Crippen LogP contribution in [0.3, 0.4) is 0 Å². The van der Waals surface area contributed by atoms with Crippen LogP contribution in [0.2, 0.25) is 5.02 Å². The van der Waals surface area contributed by atoms with E-state index < -0.39 is 0 Å². The van der Waals surface area contributed by atoms with Crippen molar-refractivity contribution < 1.29 is 14.3 Å². The third-order valence-corrected chi connectivity index (χ3v) is 4.51. The fourth-order valence-corrected chi connectivity index (χ4v) is 3.00. The molecule has 27 heavy (non-hydrogen) atoms. The predicted molar refractivity (Wildman–Crippen MR) is 109 cm³/mol. The minimum absolute atomic E-state index is 0.0336. The Labute approximate surface area is 166 Å². The molecule has 1 amide bonds. The molecule has 146 valence electrons. The largest absolute Gasteiger partial charge is 0.490 e. The normalized spacial score (nSPS) is 12.0. The molecule has 1 unspecified atom stereocenters. The standard InChI is InChI=1S/C21H27ClN2O3/c1-4-26-13-14-27-20-12-8-6-10-17(20)21(25)23-15-19(24(2)3)16-9-5-7-11-18(16)22/h5-12,19H,4,13-15H2,1-3H3,(H,23,25). The molecule has 1 N–H and O–H groups in total. The average molecular weight is 391 g/mol. The first-order valence-corrected chi connectivity index (χ1v) is 9.41. The Morgan fingerprint density at radius 2 is 1.81 bits per heavy atom. The van der Waals surface area contributed by atoms with Gasteiger partial charge in [0.25, 0.3) is 5.91 Å². The summed E-state index contributed by atoms with van der Waals surface area (Å²) in [7, 11) is 3.93. The van der Waals surface area contributed by atoms with E-state index in [0.717, 1.165) is 5.56 Å². The van der Waals surface area contributed by atoms with Crippen LogP contribution in [0.15, 0.2) is 48.5 Å². The smallest absolute Gasteiger partial charge is 0.255 e. The molecule has 0 heterocycles. The Balaban J connectivity index is 2.05. The van der Waals surface area contributed by atoms with E-state index in [1.165, 1.54) is 0 Å². The number of benzene rings is 2. The topological polar surface area (TPSA) is 50.8 Å². The molecule has 0 aliphatic rings. The summed E-state index contributed by atoms with van der Waals surface area (Å²) >= 11 is 6.33. The number of likely N-dealkylation sites (N-methyl/N-ethyl adjacent to an activating group) is 1. The number of carbonyl (C=O) groups is 1. The summed E-state index contributed by atoms with van der Waals surface area (Å²) in [4.78, 5) is 14.8. The second-order valence-electron chi connectivity index (χ2n) is 6.25. The summed E-state index contributed by atoms with van der Waals surface area (Å²) in [6.07, 6.45) is 0. The first kappa shape index (κ1) is 21.2. The van der Waals surface area contributed by atoms with Crippen molar-refractivity contribution in [3.8, 4) is 5.75 Å². The minimum Gasteiger partial charge on any atom is -0.490 e. The van der Waals surface area contributed by atoms with E-state index in [0.29, 0.717) is 42.7 Å². The molecule has 0 aliphatic carbocycles. The van der Waals surface area contributed by atoms with E-state index in [-0.39, 0.29) is 11.9 Å². The van der Waals surface area contributed by atoms with Crippen molar-refractivity contribution in [2.24, 2.45) is 0 Å². The maximum absolute atomic E-state index is 12.7. The zero-order chi connectivity index (χ0) is 19.6. The first-order valence-electron chi connectivity index (χ1n) is 9.03. The molecular weight excluding hydrogens is 364 g/mol. The summed E-state index contributed by atoms with van der Waals surface area (Å²) in [6, 6.07) is 14.9. The molecule has 1 atom stereocenters. The van der Waals surface area contributed by atoms with Gasteiger partial charge in [-0.05, 0) is 44.8 Å². The lowest BCUT2D eigenvalue weighted by Gasteiger charge is -2.26. The number of halogens is 1. The highest BCUT2D eigenvalue weighted by molar-refractivity contribution is 6.31. The van der Waals surface area contributed by atoms with Crippen LogP contribution in [-0.4, -0.2) is 51.3 Å². The number of amides is 1. The van der Waals surface area contributed by atoms with Crippen LogP contribution in [0.4, 0.5) is 0 Å². The third-order valence-electron chi connectivity index (χ3n) is 4.16. The van der Waals surface area contributed by atoms with Crippen LogP contribution in [0.25, 0.3) is 0 Å². The molecule has 0 saturated heterocycles. The van der Waals surface area contributed by atoms with E-state index >= 15 is 0 Å². The quantitative estimate of drug-likeness (QED) is 0.627. The van der Waals surface area contributed by atoms with Gasteiger partial charge in [-0.25, -0.2) is 0 Å². The van der Waals surface area contributed by atoms with Crippen molar-refractivity contribution in [3.05, 3.63) is 64.7 Å². The number of ether oxygens (including phenoxy) is 2. The summed E-state index contributed by atoms with van der Waals surface area (Å²) in [5.41, 5.74) is 1.48. The second-order valence-corrected chi connectivity index (χ2v) is 6.66. The SMILES string of the molecule is CCOCCOc1ccccc1C(=O)NCC(c1ccccc1Cl)N(C)C. The van der Waals surface area contributed by atoms with Crippen molar-refractivity contribution in [2.75, 3.05) is 40.5 Å². The van der Waals surface area contributed by atoms with Gasteiger partial charge < -0.3 is 19.7 Å². The minimum atomic E-state index is -0.180. The molecule has 5 nitrogen and oxygen atoms in total. The van der Waals surface area contributed by atoms with Crippen molar-refractivity contribution in [1.82, 2.24) is 10.2 Å². The molecule has 2 aromatic rings. The maximum Gasteiger partial charge on any atom is 0.255 e. The van der Waals surface area contributed by atoms with E-state index in [1.54, 1.807) is 12.1 Å². The van der Waals surface area contributed by atoms with Crippen LogP contribution >= 0.6 is 11.6 Å². The molecule has 6 heteroatoms. The number of para-hydroxylation sites is 1. The number of hydrogen-bond acceptors (Lipinski definition) is 4. The Hall–Kier alpha value is -2.08. The summed E-state index contributed by atoms with van der Waals surface area (Å²) < 4.78 is 11.0. The average Bonchev–Trinajstić information content (AvgIpc) is 2.66. The Bertz CT molecular complexity index is 737. The zero-order valence-corrected chi connectivity index (χ0v) is 16.8. The van der Waals surface area contributed by atoms with Crippen LogP contribution < -0.4 is 10.1 Å². The van der Waals surface area contributed by atoms with E-state index in [4.69, 9.17) is 21.1 Å². The van der Waals surface area contributed by atoms with Crippen LogP contribution in [0.5, 0.6) is 5.75 Å². The van der Waals surface area contributed by atoms with Gasteiger partial charge in [0.1, 0.15) is 12.4 Å². The van der Waals surface area contributed by atoms with Crippen molar-refractivity contribution in [1.29, 1.82) is 0 Å². The number of nitrogens with one attached hydrogen (secondary N) is 1. The molecule has 0 saturated carbocycles. The fourth-order valence-electron chi connectivity index (χ4n) is 2.74. The van der Waals surface area contributed by atoms with Gasteiger partial charge in [0.05, 0.1) is 18.2 Å². The fraction of sp³-hybridized carbons (Fsp3) is 0.381. The van der Waals surface area contributed by atoms with Crippen molar-refractivity contribution in [2.45, 2.75) is 13.0 Å². The lowest BCUT2D eigenvalue weighted by atomic mass is 10.1. The molecule has 0 spiro atoms. The molecule has 2 aromatic carbocycles. The highest BCUT2D eigenvalue weighted by Crippen LogP contribution is 2.26. The Morgan fingerprint density at radius 3 is 2.52 bits per heavy atom. The number of nitrogens with zero attached hydrogens (tertiary/aromatic N) is 1. The van der Waals surface area contributed by atoms with Crippen LogP contribution in [0, 0.1) is 0 Å². The first-order chi connectivity index (χ1) is 13.0. The van der Waals surface area contributed by atoms with Crippen molar-refractivity contribution in [3.63, 3.8) is 0 Å². The number of carbonyl (C=O) groups excluding carboxylic acids is 1. The molecule has 0 bridgehead atoms. The Morgan fingerprint density at radius 1 is 1.11 bits per heavy atom. The van der Waals surface area contributed by atoms with Gasteiger partial charge >= 0.3 is 0 Å². The second kappa shape index (κ2) is 10.9. The molecular formula is C21H27ClN2O3. The van der Waals surface area contributed by atoms with Gasteiger partial charge in [-0.3, -0.25) is 4.79 Å². The lowest BCUT2D eigenvalue weighted by Crippen LogP contribution is -2.34. The maximum atomic E-state index is 12.7. The van der Waals surface area contributed by atoms with E-state index in [1.807, 2.05) is 62.3 Å². The third kappa shape index (κ3) is 6.24. The Kier molecular flexibility index (Phi) is 8.58. The summed E-state index contributed by atoms with van der Waals surface area (Å²) in [5.74, 6) is 0.370. The van der Waals surface area contributed by atoms with Crippen LogP contribution in [0.1, 0.15) is 28.9 Å². The molecule has 2 rings (SSSR count). The highest BCUT2D eigenvalue weighted by atomic mass is 35.5. The van der Waals surface area contributed by atoms with Gasteiger partial charge in [-0.1, -0.05) is 41.9 Å². The van der Waals surface area contributed by atoms with Gasteiger partial charge in [-0.2, -0.15) is 0 Å². The van der Waals surface area contributed by atoms with Crippen LogP contribution in [-0.2, 0) is 4.74 Å². The van der Waals surface area contributed by atoms with Gasteiger partial charge in [0, 0.05) is 18.2 Å². The van der Waals surface area contributed by atoms with E-state index in [9.17, 15) is 4.79 Å². The summed E-state index contributed by atoms with van der Waals surface area (Å²) in [5, 5.41) is 3.68. The van der Waals surface area contributed by atoms with Gasteiger partial charge in [-0.15, -0.1) is 0 Å². The van der Waals surface area contributed by atoms with Crippen molar-refractivity contribution >= 4 is 17.5 Å². The lowest BCUT2D eigenvalue weighted by molar-refractivity contribution is 0.0925.